The molecule has 0 aliphatic heterocycles. The second-order valence-corrected chi connectivity index (χ2v) is 5.36. The molecule has 82 valence electrons. The summed E-state index contributed by atoms with van der Waals surface area (Å²) in [6.07, 6.45) is 0. The SMILES string of the molecule is CC(C)(Cl)c1cccc(-c2ccccc2)c1. The summed E-state index contributed by atoms with van der Waals surface area (Å²) in [4.78, 5) is -0.315. The van der Waals surface area contributed by atoms with Gasteiger partial charge in [-0.2, -0.15) is 0 Å². The minimum Gasteiger partial charge on any atom is -0.115 e. The summed E-state index contributed by atoms with van der Waals surface area (Å²) in [5.74, 6) is 0. The molecule has 2 rings (SSSR count). The van der Waals surface area contributed by atoms with Gasteiger partial charge < -0.3 is 0 Å². The molecule has 2 aromatic rings. The molecule has 0 N–H and O–H groups in total. The Morgan fingerprint density at radius 3 is 2.06 bits per heavy atom. The maximum Gasteiger partial charge on any atom is 0.0639 e. The third-order valence-electron chi connectivity index (χ3n) is 2.66. The largest absolute Gasteiger partial charge is 0.115 e. The van der Waals surface area contributed by atoms with Gasteiger partial charge in [-0.05, 0) is 36.6 Å². The van der Waals surface area contributed by atoms with Gasteiger partial charge in [0.05, 0.1) is 4.87 Å². The first kappa shape index (κ1) is 11.2. The Balaban J connectivity index is 2.45. The molecule has 0 aliphatic carbocycles. The van der Waals surface area contributed by atoms with Gasteiger partial charge in [0.1, 0.15) is 0 Å². The molecular weight excluding hydrogens is 216 g/mol. The lowest BCUT2D eigenvalue weighted by Crippen LogP contribution is -2.06. The van der Waals surface area contributed by atoms with Crippen molar-refractivity contribution in [1.82, 2.24) is 0 Å². The van der Waals surface area contributed by atoms with Crippen LogP contribution in [0.25, 0.3) is 11.1 Å². The van der Waals surface area contributed by atoms with Crippen LogP contribution in [-0.2, 0) is 4.87 Å². The highest BCUT2D eigenvalue weighted by Gasteiger charge is 2.16. The van der Waals surface area contributed by atoms with Crippen LogP contribution in [0.2, 0.25) is 0 Å². The fourth-order valence-electron chi connectivity index (χ4n) is 1.70. The first-order chi connectivity index (χ1) is 7.57. The number of alkyl halides is 1. The molecule has 0 saturated heterocycles. The lowest BCUT2D eigenvalue weighted by Gasteiger charge is -2.17. The highest BCUT2D eigenvalue weighted by atomic mass is 35.5. The molecule has 0 unspecified atom stereocenters. The molecule has 0 spiro atoms. The molecular formula is C15H15Cl. The van der Waals surface area contributed by atoms with E-state index in [-0.39, 0.29) is 4.87 Å². The average molecular weight is 231 g/mol. The van der Waals surface area contributed by atoms with Crippen LogP contribution in [0.1, 0.15) is 19.4 Å². The van der Waals surface area contributed by atoms with Crippen molar-refractivity contribution in [3.05, 3.63) is 60.2 Å². The summed E-state index contributed by atoms with van der Waals surface area (Å²) in [5, 5.41) is 0. The minimum atomic E-state index is -0.315. The number of halogens is 1. The van der Waals surface area contributed by atoms with Crippen molar-refractivity contribution < 1.29 is 0 Å². The zero-order valence-corrected chi connectivity index (χ0v) is 10.3. The van der Waals surface area contributed by atoms with Gasteiger partial charge in [0.2, 0.25) is 0 Å². The third-order valence-corrected chi connectivity index (χ3v) is 2.87. The summed E-state index contributed by atoms with van der Waals surface area (Å²) < 4.78 is 0. The lowest BCUT2D eigenvalue weighted by atomic mass is 9.97. The highest BCUT2D eigenvalue weighted by molar-refractivity contribution is 6.23. The topological polar surface area (TPSA) is 0 Å². The summed E-state index contributed by atoms with van der Waals surface area (Å²) >= 11 is 6.32. The number of benzene rings is 2. The molecule has 2 aromatic carbocycles. The molecule has 0 heterocycles. The van der Waals surface area contributed by atoms with Crippen LogP contribution in [0.3, 0.4) is 0 Å². The lowest BCUT2D eigenvalue weighted by molar-refractivity contribution is 0.766. The third kappa shape index (κ3) is 2.45. The van der Waals surface area contributed by atoms with Gasteiger partial charge in [-0.15, -0.1) is 11.6 Å². The number of hydrogen-bond acceptors (Lipinski definition) is 0. The van der Waals surface area contributed by atoms with E-state index < -0.39 is 0 Å². The second-order valence-electron chi connectivity index (χ2n) is 4.42. The monoisotopic (exact) mass is 230 g/mol. The first-order valence-corrected chi connectivity index (χ1v) is 5.80. The molecule has 0 nitrogen and oxygen atoms in total. The van der Waals surface area contributed by atoms with Gasteiger partial charge in [-0.25, -0.2) is 0 Å². The number of rotatable bonds is 2. The first-order valence-electron chi connectivity index (χ1n) is 5.42. The fraction of sp³-hybridized carbons (Fsp3) is 0.200. The van der Waals surface area contributed by atoms with E-state index in [0.29, 0.717) is 0 Å². The van der Waals surface area contributed by atoms with Gasteiger partial charge >= 0.3 is 0 Å². The summed E-state index contributed by atoms with van der Waals surface area (Å²) in [6, 6.07) is 18.7. The van der Waals surface area contributed by atoms with E-state index in [2.05, 4.69) is 36.4 Å². The highest BCUT2D eigenvalue weighted by Crippen LogP contribution is 2.30. The van der Waals surface area contributed by atoms with Crippen LogP contribution < -0.4 is 0 Å². The van der Waals surface area contributed by atoms with Crippen molar-refractivity contribution >= 4 is 11.6 Å². The van der Waals surface area contributed by atoms with E-state index in [9.17, 15) is 0 Å². The van der Waals surface area contributed by atoms with Gasteiger partial charge in [0, 0.05) is 0 Å². The van der Waals surface area contributed by atoms with Crippen LogP contribution >= 0.6 is 11.6 Å². The molecule has 0 saturated carbocycles. The van der Waals surface area contributed by atoms with Crippen molar-refractivity contribution in [3.8, 4) is 11.1 Å². The maximum absolute atomic E-state index is 6.32. The van der Waals surface area contributed by atoms with Gasteiger partial charge in [0.25, 0.3) is 0 Å². The predicted molar refractivity (Wildman–Crippen MR) is 70.8 cm³/mol. The van der Waals surface area contributed by atoms with Crippen molar-refractivity contribution in [3.63, 3.8) is 0 Å². The summed E-state index contributed by atoms with van der Waals surface area (Å²) in [6.45, 7) is 4.03. The normalized spacial score (nSPS) is 11.4. The molecule has 0 radical (unpaired) electrons. The van der Waals surface area contributed by atoms with E-state index in [1.165, 1.54) is 11.1 Å². The van der Waals surface area contributed by atoms with Gasteiger partial charge in [-0.3, -0.25) is 0 Å². The second kappa shape index (κ2) is 4.31. The van der Waals surface area contributed by atoms with Crippen LogP contribution in [0.5, 0.6) is 0 Å². The van der Waals surface area contributed by atoms with Gasteiger partial charge in [0.15, 0.2) is 0 Å². The number of hydrogen-bond donors (Lipinski definition) is 0. The Kier molecular flexibility index (Phi) is 3.02. The molecule has 0 aromatic heterocycles. The van der Waals surface area contributed by atoms with Gasteiger partial charge in [-0.1, -0.05) is 48.5 Å². The maximum atomic E-state index is 6.32. The fourth-order valence-corrected chi connectivity index (χ4v) is 1.82. The van der Waals surface area contributed by atoms with Crippen molar-refractivity contribution in [1.29, 1.82) is 0 Å². The standard InChI is InChI=1S/C15H15Cl/c1-15(2,16)14-10-6-9-13(11-14)12-7-4-3-5-8-12/h3-11H,1-2H3. The zero-order chi connectivity index (χ0) is 11.6. The van der Waals surface area contributed by atoms with E-state index in [4.69, 9.17) is 11.6 Å². The van der Waals surface area contributed by atoms with Crippen molar-refractivity contribution in [2.24, 2.45) is 0 Å². The van der Waals surface area contributed by atoms with E-state index in [1.807, 2.05) is 32.0 Å². The predicted octanol–water partition coefficient (Wildman–Crippen LogP) is 4.83. The van der Waals surface area contributed by atoms with Crippen molar-refractivity contribution in [2.75, 3.05) is 0 Å². The molecule has 0 amide bonds. The molecule has 0 fully saturated rings. The van der Waals surface area contributed by atoms with Crippen LogP contribution in [0.15, 0.2) is 54.6 Å². The summed E-state index contributed by atoms with van der Waals surface area (Å²) in [7, 11) is 0. The molecule has 16 heavy (non-hydrogen) atoms. The van der Waals surface area contributed by atoms with Crippen LogP contribution in [-0.4, -0.2) is 0 Å². The zero-order valence-electron chi connectivity index (χ0n) is 9.57. The molecule has 0 bridgehead atoms. The van der Waals surface area contributed by atoms with E-state index >= 15 is 0 Å². The Hall–Kier alpha value is -1.27. The average Bonchev–Trinajstić information content (AvgIpc) is 2.29. The quantitative estimate of drug-likeness (QED) is 0.649. The Morgan fingerprint density at radius 1 is 0.812 bits per heavy atom. The summed E-state index contributed by atoms with van der Waals surface area (Å²) in [5.41, 5.74) is 3.59. The Morgan fingerprint density at radius 2 is 1.44 bits per heavy atom. The van der Waals surface area contributed by atoms with E-state index in [1.54, 1.807) is 0 Å². The van der Waals surface area contributed by atoms with Crippen LogP contribution in [0, 0.1) is 0 Å². The Bertz CT molecular complexity index is 466. The molecule has 0 aliphatic rings. The smallest absolute Gasteiger partial charge is 0.0639 e. The van der Waals surface area contributed by atoms with E-state index in [0.717, 1.165) is 5.56 Å². The molecule has 0 atom stereocenters. The van der Waals surface area contributed by atoms with Crippen molar-refractivity contribution in [2.45, 2.75) is 18.7 Å². The Labute approximate surface area is 102 Å². The molecule has 1 heteroatoms. The minimum absolute atomic E-state index is 0.315. The van der Waals surface area contributed by atoms with Crippen LogP contribution in [0.4, 0.5) is 0 Å².